The van der Waals surface area contributed by atoms with E-state index in [-0.39, 0.29) is 24.1 Å². The lowest BCUT2D eigenvalue weighted by molar-refractivity contribution is -0.162. The summed E-state index contributed by atoms with van der Waals surface area (Å²) < 4.78 is 5.70. The Morgan fingerprint density at radius 2 is 1.71 bits per heavy atom. The molecule has 0 aliphatic carbocycles. The lowest BCUT2D eigenvalue weighted by atomic mass is 10.1. The van der Waals surface area contributed by atoms with Crippen molar-refractivity contribution in [3.05, 3.63) is 71.8 Å². The van der Waals surface area contributed by atoms with Gasteiger partial charge in [0.2, 0.25) is 0 Å². The number of benzene rings is 2. The summed E-state index contributed by atoms with van der Waals surface area (Å²) >= 11 is 0. The lowest BCUT2D eigenvalue weighted by Crippen LogP contribution is -2.43. The Morgan fingerprint density at radius 3 is 2.36 bits per heavy atom. The Balaban J connectivity index is 1.61. The monoisotopic (exact) mass is 380 g/mol. The summed E-state index contributed by atoms with van der Waals surface area (Å²) in [5, 5.41) is 2.01. The highest BCUT2D eigenvalue weighted by atomic mass is 16.7. The van der Waals surface area contributed by atoms with Crippen LogP contribution in [-0.4, -0.2) is 40.9 Å². The quantitative estimate of drug-likeness (QED) is 0.755. The van der Waals surface area contributed by atoms with E-state index >= 15 is 0 Å². The second-order valence-electron chi connectivity index (χ2n) is 8.55. The number of esters is 1. The van der Waals surface area contributed by atoms with Crippen LogP contribution in [0, 0.1) is 5.92 Å². The average molecular weight is 380 g/mol. The number of carbonyl (C=O) groups excluding carboxylic acids is 1. The van der Waals surface area contributed by atoms with Crippen molar-refractivity contribution in [1.82, 2.24) is 9.96 Å². The Labute approximate surface area is 166 Å². The number of hydroxylamine groups is 2. The molecule has 0 spiro atoms. The maximum absolute atomic E-state index is 12.9. The van der Waals surface area contributed by atoms with Crippen LogP contribution >= 0.6 is 0 Å². The molecule has 0 bridgehead atoms. The highest BCUT2D eigenvalue weighted by molar-refractivity contribution is 5.74. The van der Waals surface area contributed by atoms with E-state index in [1.54, 1.807) is 0 Å². The van der Waals surface area contributed by atoms with Gasteiger partial charge in [-0.3, -0.25) is 14.5 Å². The minimum atomic E-state index is -0.508. The van der Waals surface area contributed by atoms with Crippen LogP contribution in [0.3, 0.4) is 0 Å². The van der Waals surface area contributed by atoms with Crippen molar-refractivity contribution in [1.29, 1.82) is 0 Å². The van der Waals surface area contributed by atoms with Crippen LogP contribution < -0.4 is 0 Å². The minimum absolute atomic E-state index is 0.0994. The standard InChI is InChI=1S/C23H28N2O3/c1-23(2,3)28-22(26)19-16-27-25-20(18-12-8-5-9-13-18)15-24(21(19)25)14-17-10-6-4-7-11-17/h4-13,19-21H,14-16H2,1-3H3/t19-,20+,21-/m0/s1. The van der Waals surface area contributed by atoms with E-state index in [0.29, 0.717) is 6.61 Å². The first kappa shape index (κ1) is 19.1. The van der Waals surface area contributed by atoms with E-state index in [1.807, 2.05) is 62.2 Å². The molecule has 148 valence electrons. The summed E-state index contributed by atoms with van der Waals surface area (Å²) in [6, 6.07) is 20.8. The smallest absolute Gasteiger partial charge is 0.314 e. The Kier molecular flexibility index (Phi) is 5.23. The fourth-order valence-electron chi connectivity index (χ4n) is 4.08. The predicted molar refractivity (Wildman–Crippen MR) is 107 cm³/mol. The molecule has 2 aliphatic heterocycles. The third-order valence-electron chi connectivity index (χ3n) is 5.23. The van der Waals surface area contributed by atoms with Gasteiger partial charge < -0.3 is 4.74 Å². The lowest BCUT2D eigenvalue weighted by Gasteiger charge is -2.29. The third kappa shape index (κ3) is 3.97. The van der Waals surface area contributed by atoms with Gasteiger partial charge in [0, 0.05) is 13.1 Å². The maximum atomic E-state index is 12.9. The average Bonchev–Trinajstić information content (AvgIpc) is 3.23. The number of carbonyl (C=O) groups is 1. The molecule has 2 fully saturated rings. The van der Waals surface area contributed by atoms with Crippen LogP contribution in [0.5, 0.6) is 0 Å². The van der Waals surface area contributed by atoms with Gasteiger partial charge in [-0.05, 0) is 31.9 Å². The normalized spacial score (nSPS) is 25.6. The fourth-order valence-corrected chi connectivity index (χ4v) is 4.08. The van der Waals surface area contributed by atoms with Gasteiger partial charge >= 0.3 is 5.97 Å². The summed E-state index contributed by atoms with van der Waals surface area (Å²) in [5.41, 5.74) is 1.92. The molecule has 5 nitrogen and oxygen atoms in total. The minimum Gasteiger partial charge on any atom is -0.460 e. The molecule has 0 saturated carbocycles. The van der Waals surface area contributed by atoms with Crippen LogP contribution in [0.4, 0.5) is 0 Å². The zero-order chi connectivity index (χ0) is 19.7. The molecule has 3 atom stereocenters. The molecule has 2 heterocycles. The van der Waals surface area contributed by atoms with Gasteiger partial charge in [-0.15, -0.1) is 0 Å². The largest absolute Gasteiger partial charge is 0.460 e. The van der Waals surface area contributed by atoms with Gasteiger partial charge in [-0.1, -0.05) is 60.7 Å². The molecule has 0 amide bonds. The summed E-state index contributed by atoms with van der Waals surface area (Å²) in [6.07, 6.45) is -0.125. The van der Waals surface area contributed by atoms with Crippen LogP contribution in [0.15, 0.2) is 60.7 Å². The van der Waals surface area contributed by atoms with E-state index in [9.17, 15) is 4.79 Å². The van der Waals surface area contributed by atoms with Crippen LogP contribution in [0.2, 0.25) is 0 Å². The number of rotatable bonds is 4. The molecule has 0 radical (unpaired) electrons. The van der Waals surface area contributed by atoms with Crippen LogP contribution in [0.1, 0.15) is 37.9 Å². The van der Waals surface area contributed by atoms with Gasteiger partial charge in [0.25, 0.3) is 0 Å². The van der Waals surface area contributed by atoms with Crippen LogP contribution in [-0.2, 0) is 20.9 Å². The summed E-state index contributed by atoms with van der Waals surface area (Å²) in [5.74, 6) is -0.511. The van der Waals surface area contributed by atoms with Gasteiger partial charge in [0.1, 0.15) is 17.7 Å². The van der Waals surface area contributed by atoms with E-state index in [2.05, 4.69) is 29.2 Å². The first-order chi connectivity index (χ1) is 13.4. The highest BCUT2D eigenvalue weighted by Crippen LogP contribution is 2.41. The molecule has 5 heteroatoms. The molecular formula is C23H28N2O3. The van der Waals surface area contributed by atoms with Gasteiger partial charge in [0.15, 0.2) is 0 Å². The Morgan fingerprint density at radius 1 is 1.07 bits per heavy atom. The van der Waals surface area contributed by atoms with Crippen molar-refractivity contribution < 1.29 is 14.4 Å². The topological polar surface area (TPSA) is 42.0 Å². The fraction of sp³-hybridized carbons (Fsp3) is 0.435. The molecule has 4 rings (SSSR count). The van der Waals surface area contributed by atoms with Crippen LogP contribution in [0.25, 0.3) is 0 Å². The summed E-state index contributed by atoms with van der Waals surface area (Å²) in [7, 11) is 0. The number of hydrogen-bond acceptors (Lipinski definition) is 5. The van der Waals surface area contributed by atoms with Crippen molar-refractivity contribution >= 4 is 5.97 Å². The molecule has 2 aromatic carbocycles. The zero-order valence-corrected chi connectivity index (χ0v) is 16.7. The van der Waals surface area contributed by atoms with Crippen molar-refractivity contribution in [3.63, 3.8) is 0 Å². The first-order valence-corrected chi connectivity index (χ1v) is 9.89. The highest BCUT2D eigenvalue weighted by Gasteiger charge is 2.53. The molecule has 0 unspecified atom stereocenters. The Bertz CT molecular complexity index is 804. The molecule has 0 aromatic heterocycles. The van der Waals surface area contributed by atoms with E-state index in [4.69, 9.17) is 9.57 Å². The summed E-state index contributed by atoms with van der Waals surface area (Å²) in [4.78, 5) is 21.3. The second-order valence-corrected chi connectivity index (χ2v) is 8.55. The second kappa shape index (κ2) is 7.66. The van der Waals surface area contributed by atoms with Gasteiger partial charge in [0.05, 0.1) is 12.6 Å². The van der Waals surface area contributed by atoms with Gasteiger partial charge in [-0.2, -0.15) is 5.06 Å². The van der Waals surface area contributed by atoms with Gasteiger partial charge in [-0.25, -0.2) is 0 Å². The predicted octanol–water partition coefficient (Wildman–Crippen LogP) is 3.77. The summed E-state index contributed by atoms with van der Waals surface area (Å²) in [6.45, 7) is 7.65. The number of fused-ring (bicyclic) bond motifs is 1. The van der Waals surface area contributed by atoms with Crippen molar-refractivity contribution in [2.45, 2.75) is 45.1 Å². The molecule has 2 aliphatic rings. The number of ether oxygens (including phenoxy) is 1. The number of nitrogens with zero attached hydrogens (tertiary/aromatic N) is 2. The van der Waals surface area contributed by atoms with Crippen molar-refractivity contribution in [2.24, 2.45) is 5.92 Å². The molecule has 0 N–H and O–H groups in total. The number of hydrogen-bond donors (Lipinski definition) is 0. The molecule has 28 heavy (non-hydrogen) atoms. The molecule has 2 saturated heterocycles. The van der Waals surface area contributed by atoms with E-state index in [0.717, 1.165) is 13.1 Å². The SMILES string of the molecule is CC(C)(C)OC(=O)[C@H]1CON2[C@@H](c3ccccc3)CN(Cc3ccccc3)[C@H]12. The third-order valence-corrected chi connectivity index (χ3v) is 5.23. The van der Waals surface area contributed by atoms with E-state index < -0.39 is 5.60 Å². The van der Waals surface area contributed by atoms with Crippen molar-refractivity contribution in [3.8, 4) is 0 Å². The molecule has 2 aromatic rings. The van der Waals surface area contributed by atoms with Crippen molar-refractivity contribution in [2.75, 3.05) is 13.2 Å². The zero-order valence-electron chi connectivity index (χ0n) is 16.7. The van der Waals surface area contributed by atoms with E-state index in [1.165, 1.54) is 11.1 Å². The Hall–Kier alpha value is -2.21. The first-order valence-electron chi connectivity index (χ1n) is 9.89. The molecular weight excluding hydrogens is 352 g/mol. The maximum Gasteiger partial charge on any atom is 0.314 e.